The molecule has 0 radical (unpaired) electrons. The van der Waals surface area contributed by atoms with E-state index in [4.69, 9.17) is 0 Å². The minimum absolute atomic E-state index is 0.359. The molecule has 2 nitrogen and oxygen atoms in total. The largest absolute Gasteiger partial charge is 0.315 e. The molecule has 0 aromatic heterocycles. The molecular formula is C11H22N2. The highest BCUT2D eigenvalue weighted by atomic mass is 15.3. The summed E-state index contributed by atoms with van der Waals surface area (Å²) in [4.78, 5) is 2.74. The molecule has 0 aromatic rings. The maximum absolute atomic E-state index is 3.54. The van der Waals surface area contributed by atoms with Crippen molar-refractivity contribution in [1.29, 1.82) is 0 Å². The van der Waals surface area contributed by atoms with Gasteiger partial charge in [0, 0.05) is 24.2 Å². The van der Waals surface area contributed by atoms with Gasteiger partial charge in [-0.3, -0.25) is 4.90 Å². The molecule has 2 heterocycles. The van der Waals surface area contributed by atoms with Crippen LogP contribution in [0.25, 0.3) is 0 Å². The van der Waals surface area contributed by atoms with Crippen molar-refractivity contribution < 1.29 is 0 Å². The second-order valence-electron chi connectivity index (χ2n) is 5.46. The number of nitrogens with one attached hydrogen (secondary N) is 1. The Hall–Kier alpha value is -0.0800. The number of nitrogens with zero attached hydrogens (tertiary/aromatic N) is 1. The van der Waals surface area contributed by atoms with Crippen LogP contribution in [0.3, 0.4) is 0 Å². The van der Waals surface area contributed by atoms with Crippen LogP contribution in [0.1, 0.15) is 40.0 Å². The monoisotopic (exact) mass is 182 g/mol. The van der Waals surface area contributed by atoms with Crippen LogP contribution in [-0.4, -0.2) is 35.6 Å². The highest BCUT2D eigenvalue weighted by Crippen LogP contribution is 2.34. The Morgan fingerprint density at radius 3 is 2.46 bits per heavy atom. The summed E-state index contributed by atoms with van der Waals surface area (Å²) in [5.74, 6) is 0. The predicted molar refractivity (Wildman–Crippen MR) is 55.9 cm³/mol. The molecule has 2 fully saturated rings. The molecule has 0 aliphatic carbocycles. The van der Waals surface area contributed by atoms with Gasteiger partial charge in [-0.2, -0.15) is 0 Å². The van der Waals surface area contributed by atoms with Gasteiger partial charge < -0.3 is 5.32 Å². The van der Waals surface area contributed by atoms with Crippen LogP contribution >= 0.6 is 0 Å². The van der Waals surface area contributed by atoms with E-state index in [9.17, 15) is 0 Å². The lowest BCUT2D eigenvalue weighted by Crippen LogP contribution is -2.49. The first-order valence-corrected chi connectivity index (χ1v) is 5.58. The Bertz CT molecular complexity index is 169. The fraction of sp³-hybridized carbons (Fsp3) is 1.00. The van der Waals surface area contributed by atoms with Crippen molar-refractivity contribution in [3.8, 4) is 0 Å². The molecule has 2 atom stereocenters. The molecule has 2 aliphatic heterocycles. The fourth-order valence-corrected chi connectivity index (χ4v) is 3.08. The first-order chi connectivity index (χ1) is 6.09. The van der Waals surface area contributed by atoms with Gasteiger partial charge in [-0.1, -0.05) is 0 Å². The lowest BCUT2D eigenvalue weighted by atomic mass is 10.0. The minimum atomic E-state index is 0.359. The molecule has 1 N–H and O–H groups in total. The zero-order chi connectivity index (χ0) is 9.47. The van der Waals surface area contributed by atoms with Crippen LogP contribution in [0.5, 0.6) is 0 Å². The third-order valence-corrected chi connectivity index (χ3v) is 3.43. The Balaban J connectivity index is 2.16. The summed E-state index contributed by atoms with van der Waals surface area (Å²) in [6.07, 6.45) is 4.16. The standard InChI is InChI=1S/C11H22N2/c1-11(2,3)13-9-4-5-10(13)8-12-7-6-9/h9-10,12H,4-8H2,1-3H3. The summed E-state index contributed by atoms with van der Waals surface area (Å²) in [5.41, 5.74) is 0.359. The van der Waals surface area contributed by atoms with Crippen molar-refractivity contribution in [1.82, 2.24) is 10.2 Å². The topological polar surface area (TPSA) is 15.3 Å². The number of hydrogen-bond donors (Lipinski definition) is 1. The molecule has 2 saturated heterocycles. The zero-order valence-electron chi connectivity index (χ0n) is 9.14. The van der Waals surface area contributed by atoms with Gasteiger partial charge in [-0.05, 0) is 46.6 Å². The molecule has 2 heteroatoms. The smallest absolute Gasteiger partial charge is 0.0229 e. The first kappa shape index (κ1) is 9.47. The van der Waals surface area contributed by atoms with Gasteiger partial charge in [0.15, 0.2) is 0 Å². The average Bonchev–Trinajstić information content (AvgIpc) is 2.22. The minimum Gasteiger partial charge on any atom is -0.315 e. The first-order valence-electron chi connectivity index (χ1n) is 5.58. The quantitative estimate of drug-likeness (QED) is 0.612. The van der Waals surface area contributed by atoms with Gasteiger partial charge in [0.1, 0.15) is 0 Å². The van der Waals surface area contributed by atoms with Crippen LogP contribution in [0.2, 0.25) is 0 Å². The fourth-order valence-electron chi connectivity index (χ4n) is 3.08. The van der Waals surface area contributed by atoms with Crippen LogP contribution in [0.15, 0.2) is 0 Å². The van der Waals surface area contributed by atoms with E-state index < -0.39 is 0 Å². The van der Waals surface area contributed by atoms with Crippen molar-refractivity contribution >= 4 is 0 Å². The molecule has 13 heavy (non-hydrogen) atoms. The molecule has 0 aromatic carbocycles. The Labute approximate surface area is 81.7 Å². The van der Waals surface area contributed by atoms with Crippen LogP contribution in [0.4, 0.5) is 0 Å². The highest BCUT2D eigenvalue weighted by molar-refractivity contribution is 4.97. The SMILES string of the molecule is CC(C)(C)N1C2CCNCC1CC2. The molecule has 2 rings (SSSR count). The molecule has 2 aliphatic rings. The van der Waals surface area contributed by atoms with Gasteiger partial charge in [-0.15, -0.1) is 0 Å². The van der Waals surface area contributed by atoms with Gasteiger partial charge in [-0.25, -0.2) is 0 Å². The third kappa shape index (κ3) is 1.75. The Morgan fingerprint density at radius 2 is 1.77 bits per heavy atom. The Morgan fingerprint density at radius 1 is 1.08 bits per heavy atom. The van der Waals surface area contributed by atoms with E-state index in [-0.39, 0.29) is 0 Å². The van der Waals surface area contributed by atoms with Gasteiger partial charge >= 0.3 is 0 Å². The molecule has 0 spiro atoms. The van der Waals surface area contributed by atoms with Crippen LogP contribution < -0.4 is 5.32 Å². The van der Waals surface area contributed by atoms with E-state index in [2.05, 4.69) is 31.0 Å². The van der Waals surface area contributed by atoms with Crippen molar-refractivity contribution in [2.45, 2.75) is 57.7 Å². The summed E-state index contributed by atoms with van der Waals surface area (Å²) < 4.78 is 0. The molecule has 76 valence electrons. The summed E-state index contributed by atoms with van der Waals surface area (Å²) >= 11 is 0. The van der Waals surface area contributed by atoms with Gasteiger partial charge in [0.05, 0.1) is 0 Å². The van der Waals surface area contributed by atoms with E-state index in [1.54, 1.807) is 0 Å². The lowest BCUT2D eigenvalue weighted by molar-refractivity contribution is 0.0839. The summed E-state index contributed by atoms with van der Waals surface area (Å²) in [6.45, 7) is 9.47. The molecule has 2 unspecified atom stereocenters. The van der Waals surface area contributed by atoms with Gasteiger partial charge in [0.25, 0.3) is 0 Å². The van der Waals surface area contributed by atoms with Crippen molar-refractivity contribution in [2.24, 2.45) is 0 Å². The average molecular weight is 182 g/mol. The number of fused-ring (bicyclic) bond motifs is 2. The molecule has 2 bridgehead atoms. The highest BCUT2D eigenvalue weighted by Gasteiger charge is 2.40. The Kier molecular flexibility index (Phi) is 2.37. The lowest BCUT2D eigenvalue weighted by Gasteiger charge is -2.40. The van der Waals surface area contributed by atoms with Gasteiger partial charge in [0.2, 0.25) is 0 Å². The van der Waals surface area contributed by atoms with Crippen molar-refractivity contribution in [2.75, 3.05) is 13.1 Å². The number of rotatable bonds is 0. The van der Waals surface area contributed by atoms with Crippen molar-refractivity contribution in [3.63, 3.8) is 0 Å². The zero-order valence-corrected chi connectivity index (χ0v) is 9.14. The van der Waals surface area contributed by atoms with Crippen LogP contribution in [0, 0.1) is 0 Å². The second kappa shape index (κ2) is 3.25. The van der Waals surface area contributed by atoms with E-state index in [0.717, 1.165) is 12.1 Å². The second-order valence-corrected chi connectivity index (χ2v) is 5.46. The maximum Gasteiger partial charge on any atom is 0.0229 e. The predicted octanol–water partition coefficient (Wildman–Crippen LogP) is 1.61. The maximum atomic E-state index is 3.54. The summed E-state index contributed by atoms with van der Waals surface area (Å²) in [5, 5.41) is 3.54. The molecular weight excluding hydrogens is 160 g/mol. The summed E-state index contributed by atoms with van der Waals surface area (Å²) in [6, 6.07) is 1.65. The molecule has 0 saturated carbocycles. The normalized spacial score (nSPS) is 36.2. The third-order valence-electron chi connectivity index (χ3n) is 3.43. The summed E-state index contributed by atoms with van der Waals surface area (Å²) in [7, 11) is 0. The van der Waals surface area contributed by atoms with E-state index in [1.807, 2.05) is 0 Å². The van der Waals surface area contributed by atoms with E-state index >= 15 is 0 Å². The van der Waals surface area contributed by atoms with E-state index in [1.165, 1.54) is 32.4 Å². The number of hydrogen-bond acceptors (Lipinski definition) is 2. The van der Waals surface area contributed by atoms with E-state index in [0.29, 0.717) is 5.54 Å². The van der Waals surface area contributed by atoms with Crippen LogP contribution in [-0.2, 0) is 0 Å². The van der Waals surface area contributed by atoms with Crippen molar-refractivity contribution in [3.05, 3.63) is 0 Å². The molecule has 0 amide bonds.